The van der Waals surface area contributed by atoms with Gasteiger partial charge in [-0.1, -0.05) is 47.2 Å². The first-order valence-corrected chi connectivity index (χ1v) is 14.6. The van der Waals surface area contributed by atoms with Crippen LogP contribution in [-0.4, -0.2) is 23.8 Å². The van der Waals surface area contributed by atoms with E-state index in [4.69, 9.17) is 25.8 Å². The number of esters is 1. The minimum atomic E-state index is -0.744. The second-order valence-electron chi connectivity index (χ2n) is 9.40. The number of allylic oxidation sites excluding steroid dienone is 1. The van der Waals surface area contributed by atoms with Gasteiger partial charge in [0.2, 0.25) is 0 Å². The summed E-state index contributed by atoms with van der Waals surface area (Å²) in [5, 5.41) is 0.468. The molecule has 0 amide bonds. The van der Waals surface area contributed by atoms with E-state index in [1.54, 1.807) is 50.3 Å². The van der Waals surface area contributed by atoms with E-state index >= 15 is 0 Å². The Balaban J connectivity index is 1.60. The van der Waals surface area contributed by atoms with Crippen LogP contribution in [0.3, 0.4) is 0 Å². The highest BCUT2D eigenvalue weighted by Gasteiger charge is 2.33. The number of halogens is 2. The molecular weight excluding hydrogens is 579 g/mol. The molecule has 0 bridgehead atoms. The van der Waals surface area contributed by atoms with Crippen molar-refractivity contribution in [3.05, 3.63) is 125 Å². The van der Waals surface area contributed by atoms with Crippen molar-refractivity contribution in [2.24, 2.45) is 4.99 Å². The van der Waals surface area contributed by atoms with Crippen LogP contribution in [0.5, 0.6) is 11.5 Å². The average molecular weight is 607 g/mol. The zero-order chi connectivity index (χ0) is 29.8. The van der Waals surface area contributed by atoms with Crippen LogP contribution in [0, 0.1) is 5.82 Å². The normalized spacial score (nSPS) is 14.8. The van der Waals surface area contributed by atoms with Crippen molar-refractivity contribution >= 4 is 35.0 Å². The molecular formula is C32H28ClFN2O5S. The van der Waals surface area contributed by atoms with E-state index in [2.05, 4.69) is 4.99 Å². The topological polar surface area (TPSA) is 79.1 Å². The van der Waals surface area contributed by atoms with Crippen molar-refractivity contribution in [1.82, 2.24) is 4.57 Å². The minimum Gasteiger partial charge on any atom is -0.494 e. The highest BCUT2D eigenvalue weighted by molar-refractivity contribution is 7.07. The van der Waals surface area contributed by atoms with E-state index in [-0.39, 0.29) is 24.6 Å². The molecule has 10 heteroatoms. The van der Waals surface area contributed by atoms with Crippen molar-refractivity contribution in [2.75, 3.05) is 13.2 Å². The van der Waals surface area contributed by atoms with Crippen molar-refractivity contribution in [1.29, 1.82) is 0 Å². The number of nitrogens with zero attached hydrogens (tertiary/aromatic N) is 2. The van der Waals surface area contributed by atoms with E-state index in [9.17, 15) is 14.0 Å². The first-order valence-electron chi connectivity index (χ1n) is 13.4. The summed E-state index contributed by atoms with van der Waals surface area (Å²) in [6.45, 7) is 6.27. The Morgan fingerprint density at radius 3 is 2.48 bits per heavy atom. The van der Waals surface area contributed by atoms with Crippen molar-refractivity contribution in [3.63, 3.8) is 0 Å². The molecule has 7 nitrogen and oxygen atoms in total. The standard InChI is InChI=1S/C32H28ClFN2O5S/c1-4-39-25-13-8-21(9-14-25)29-28(31(38)40-5-2)19(3)35-32-36(29)30(37)27(42-32)17-22-16-23(33)10-15-26(22)41-18-20-6-11-24(34)12-7-20/h6-17,29H,4-5,18H2,1-3H3/b27-17-/t29-/m0/s1. The summed E-state index contributed by atoms with van der Waals surface area (Å²) < 4.78 is 32.2. The summed E-state index contributed by atoms with van der Waals surface area (Å²) in [6, 6.07) is 17.7. The smallest absolute Gasteiger partial charge is 0.338 e. The molecule has 216 valence electrons. The van der Waals surface area contributed by atoms with Gasteiger partial charge in [-0.15, -0.1) is 0 Å². The predicted octanol–water partition coefficient (Wildman–Crippen LogP) is 5.57. The average Bonchev–Trinajstić information content (AvgIpc) is 3.27. The molecule has 1 aliphatic rings. The lowest BCUT2D eigenvalue weighted by atomic mass is 9.96. The summed E-state index contributed by atoms with van der Waals surface area (Å²) in [5.74, 6) is 0.326. The molecule has 0 aliphatic carbocycles. The first kappa shape index (κ1) is 29.3. The number of ether oxygens (including phenoxy) is 3. The number of fused-ring (bicyclic) bond motifs is 1. The molecule has 0 N–H and O–H groups in total. The molecule has 42 heavy (non-hydrogen) atoms. The van der Waals surface area contributed by atoms with Gasteiger partial charge in [0.15, 0.2) is 4.80 Å². The molecule has 5 rings (SSSR count). The zero-order valence-electron chi connectivity index (χ0n) is 23.2. The van der Waals surface area contributed by atoms with Crippen molar-refractivity contribution in [2.45, 2.75) is 33.4 Å². The molecule has 0 saturated carbocycles. The fourth-order valence-electron chi connectivity index (χ4n) is 4.67. The Bertz CT molecular complexity index is 1830. The SMILES string of the molecule is CCOC(=O)C1=C(C)N=c2s/c(=C\c3cc(Cl)ccc3OCc3ccc(F)cc3)c(=O)n2[C@H]1c1ccc(OCC)cc1. The van der Waals surface area contributed by atoms with Gasteiger partial charge in [0.25, 0.3) is 5.56 Å². The maximum atomic E-state index is 14.0. The van der Waals surface area contributed by atoms with Crippen LogP contribution in [0.15, 0.2) is 87.8 Å². The molecule has 0 spiro atoms. The van der Waals surface area contributed by atoms with Gasteiger partial charge in [0, 0.05) is 10.6 Å². The van der Waals surface area contributed by atoms with Crippen LogP contribution in [-0.2, 0) is 16.1 Å². The molecule has 0 unspecified atom stereocenters. The Hall–Kier alpha value is -4.21. The van der Waals surface area contributed by atoms with Gasteiger partial charge < -0.3 is 14.2 Å². The third-order valence-corrected chi connectivity index (χ3v) is 7.81. The number of thiazole rings is 1. The highest BCUT2D eigenvalue weighted by Crippen LogP contribution is 2.32. The second-order valence-corrected chi connectivity index (χ2v) is 10.8. The summed E-state index contributed by atoms with van der Waals surface area (Å²) in [5.41, 5.74) is 2.55. The third kappa shape index (κ3) is 6.17. The molecule has 0 radical (unpaired) electrons. The van der Waals surface area contributed by atoms with Gasteiger partial charge in [-0.3, -0.25) is 9.36 Å². The van der Waals surface area contributed by atoms with E-state index in [0.29, 0.717) is 49.3 Å². The Morgan fingerprint density at radius 2 is 1.79 bits per heavy atom. The maximum absolute atomic E-state index is 14.0. The molecule has 1 aromatic heterocycles. The number of hydrogen-bond donors (Lipinski definition) is 0. The molecule has 1 aliphatic heterocycles. The molecule has 0 saturated heterocycles. The van der Waals surface area contributed by atoms with Crippen LogP contribution in [0.25, 0.3) is 6.08 Å². The van der Waals surface area contributed by atoms with E-state index in [1.807, 2.05) is 31.2 Å². The van der Waals surface area contributed by atoms with Gasteiger partial charge in [0.1, 0.15) is 23.9 Å². The number of aromatic nitrogens is 1. The summed E-state index contributed by atoms with van der Waals surface area (Å²) in [7, 11) is 0. The molecule has 0 fully saturated rings. The van der Waals surface area contributed by atoms with E-state index < -0.39 is 12.0 Å². The van der Waals surface area contributed by atoms with Gasteiger partial charge in [0.05, 0.1) is 35.1 Å². The summed E-state index contributed by atoms with van der Waals surface area (Å²) in [4.78, 5) is 32.2. The van der Waals surface area contributed by atoms with Crippen molar-refractivity contribution < 1.29 is 23.4 Å². The minimum absolute atomic E-state index is 0.186. The Labute approximate surface area is 250 Å². The van der Waals surface area contributed by atoms with Crippen LogP contribution in [0.2, 0.25) is 5.02 Å². The first-order chi connectivity index (χ1) is 20.3. The van der Waals surface area contributed by atoms with E-state index in [1.165, 1.54) is 28.0 Å². The summed E-state index contributed by atoms with van der Waals surface area (Å²) >= 11 is 7.52. The fraction of sp³-hybridized carbons (Fsp3) is 0.219. The van der Waals surface area contributed by atoms with E-state index in [0.717, 1.165) is 11.1 Å². The number of rotatable bonds is 9. The lowest BCUT2D eigenvalue weighted by molar-refractivity contribution is -0.139. The lowest BCUT2D eigenvalue weighted by Crippen LogP contribution is -2.39. The molecule has 2 heterocycles. The Kier molecular flexibility index (Phi) is 8.89. The highest BCUT2D eigenvalue weighted by atomic mass is 35.5. The third-order valence-electron chi connectivity index (χ3n) is 6.59. The quantitative estimate of drug-likeness (QED) is 0.233. The number of hydrogen-bond acceptors (Lipinski definition) is 7. The number of carbonyl (C=O) groups is 1. The van der Waals surface area contributed by atoms with Crippen molar-refractivity contribution in [3.8, 4) is 11.5 Å². The summed E-state index contributed by atoms with van der Waals surface area (Å²) in [6.07, 6.45) is 1.70. The van der Waals surface area contributed by atoms with Gasteiger partial charge >= 0.3 is 5.97 Å². The van der Waals surface area contributed by atoms with Gasteiger partial charge in [-0.2, -0.15) is 0 Å². The second kappa shape index (κ2) is 12.8. The van der Waals surface area contributed by atoms with Gasteiger partial charge in [-0.05, 0) is 80.4 Å². The van der Waals surface area contributed by atoms with Crippen LogP contribution in [0.1, 0.15) is 43.5 Å². The number of carbonyl (C=O) groups excluding carboxylic acids is 1. The van der Waals surface area contributed by atoms with Crippen LogP contribution >= 0.6 is 22.9 Å². The zero-order valence-corrected chi connectivity index (χ0v) is 24.8. The maximum Gasteiger partial charge on any atom is 0.338 e. The van der Waals surface area contributed by atoms with Crippen LogP contribution in [0.4, 0.5) is 4.39 Å². The largest absolute Gasteiger partial charge is 0.494 e. The molecule has 3 aromatic carbocycles. The molecule has 4 aromatic rings. The predicted molar refractivity (Wildman–Crippen MR) is 160 cm³/mol. The number of benzene rings is 3. The lowest BCUT2D eigenvalue weighted by Gasteiger charge is -2.24. The van der Waals surface area contributed by atoms with Gasteiger partial charge in [-0.25, -0.2) is 14.2 Å². The monoisotopic (exact) mass is 606 g/mol. The fourth-order valence-corrected chi connectivity index (χ4v) is 5.88. The molecule has 1 atom stereocenters. The Morgan fingerprint density at radius 1 is 1.05 bits per heavy atom. The van der Waals surface area contributed by atoms with Crippen LogP contribution < -0.4 is 24.4 Å².